The summed E-state index contributed by atoms with van der Waals surface area (Å²) < 4.78 is 2.12. The van der Waals surface area contributed by atoms with Crippen molar-refractivity contribution in [2.45, 2.75) is 38.6 Å². The van der Waals surface area contributed by atoms with Gasteiger partial charge in [-0.2, -0.15) is 0 Å². The molecule has 0 amide bonds. The third kappa shape index (κ3) is 2.55. The molecule has 1 aromatic heterocycles. The number of imidazole rings is 1. The first-order valence-corrected chi connectivity index (χ1v) is 6.10. The molecule has 1 fully saturated rings. The molecule has 16 heavy (non-hydrogen) atoms. The zero-order valence-corrected chi connectivity index (χ0v) is 10.3. The standard InChI is InChI=1S/C12H22N4/c1-12(2,16-8-11(13)14-10-16)9-15-6-4-3-5-7-15/h8,10H,3-7,9,13H2,1-2H3. The van der Waals surface area contributed by atoms with E-state index in [1.807, 2.05) is 12.5 Å². The molecule has 1 aliphatic rings. The Morgan fingerprint density at radius 2 is 2.00 bits per heavy atom. The van der Waals surface area contributed by atoms with Crippen LogP contribution >= 0.6 is 0 Å². The van der Waals surface area contributed by atoms with Crippen molar-refractivity contribution in [1.82, 2.24) is 14.5 Å². The van der Waals surface area contributed by atoms with Crippen molar-refractivity contribution in [3.8, 4) is 0 Å². The molecule has 0 spiro atoms. The molecule has 0 aromatic carbocycles. The minimum atomic E-state index is 0.0714. The summed E-state index contributed by atoms with van der Waals surface area (Å²) in [6, 6.07) is 0. The van der Waals surface area contributed by atoms with Crippen LogP contribution in [0.1, 0.15) is 33.1 Å². The maximum atomic E-state index is 5.66. The summed E-state index contributed by atoms with van der Waals surface area (Å²) in [5.74, 6) is 0.603. The topological polar surface area (TPSA) is 47.1 Å². The fraction of sp³-hybridized carbons (Fsp3) is 0.750. The summed E-state index contributed by atoms with van der Waals surface area (Å²) in [5, 5.41) is 0. The lowest BCUT2D eigenvalue weighted by Crippen LogP contribution is -2.42. The Kier molecular flexibility index (Phi) is 3.19. The summed E-state index contributed by atoms with van der Waals surface area (Å²) in [6.07, 6.45) is 7.81. The quantitative estimate of drug-likeness (QED) is 0.846. The average molecular weight is 222 g/mol. The van der Waals surface area contributed by atoms with Gasteiger partial charge in [-0.25, -0.2) is 4.98 Å². The van der Waals surface area contributed by atoms with Gasteiger partial charge in [-0.3, -0.25) is 0 Å². The second-order valence-electron chi connectivity index (χ2n) is 5.36. The van der Waals surface area contributed by atoms with Gasteiger partial charge in [-0.15, -0.1) is 0 Å². The van der Waals surface area contributed by atoms with Crippen molar-refractivity contribution >= 4 is 5.82 Å². The molecule has 0 bridgehead atoms. The van der Waals surface area contributed by atoms with E-state index in [2.05, 4.69) is 28.3 Å². The third-order valence-electron chi connectivity index (χ3n) is 3.36. The first-order valence-electron chi connectivity index (χ1n) is 6.10. The van der Waals surface area contributed by atoms with Crippen LogP contribution in [-0.2, 0) is 5.54 Å². The number of hydrogen-bond donors (Lipinski definition) is 1. The minimum Gasteiger partial charge on any atom is -0.382 e. The highest BCUT2D eigenvalue weighted by atomic mass is 15.2. The Hall–Kier alpha value is -1.03. The fourth-order valence-corrected chi connectivity index (χ4v) is 2.42. The Morgan fingerprint density at radius 3 is 2.56 bits per heavy atom. The Bertz CT molecular complexity index is 337. The highest BCUT2D eigenvalue weighted by Crippen LogP contribution is 2.20. The van der Waals surface area contributed by atoms with E-state index in [4.69, 9.17) is 5.73 Å². The van der Waals surface area contributed by atoms with Gasteiger partial charge in [0.1, 0.15) is 5.82 Å². The molecule has 0 saturated carbocycles. The SMILES string of the molecule is CC(C)(CN1CCCCC1)n1cnc(N)c1. The molecular formula is C12H22N4. The second-order valence-corrected chi connectivity index (χ2v) is 5.36. The number of nitrogens with zero attached hydrogens (tertiary/aromatic N) is 3. The van der Waals surface area contributed by atoms with Crippen LogP contribution in [0.4, 0.5) is 5.82 Å². The van der Waals surface area contributed by atoms with Crippen LogP contribution in [-0.4, -0.2) is 34.1 Å². The van der Waals surface area contributed by atoms with Crippen LogP contribution in [0.3, 0.4) is 0 Å². The maximum absolute atomic E-state index is 5.66. The Labute approximate surface area is 97.4 Å². The van der Waals surface area contributed by atoms with E-state index in [0.29, 0.717) is 5.82 Å². The molecule has 0 aliphatic carbocycles. The molecule has 1 saturated heterocycles. The van der Waals surface area contributed by atoms with Gasteiger partial charge >= 0.3 is 0 Å². The van der Waals surface area contributed by atoms with Gasteiger partial charge < -0.3 is 15.2 Å². The molecular weight excluding hydrogens is 200 g/mol. The molecule has 4 nitrogen and oxygen atoms in total. The summed E-state index contributed by atoms with van der Waals surface area (Å²) >= 11 is 0. The normalized spacial score (nSPS) is 18.9. The van der Waals surface area contributed by atoms with Gasteiger partial charge in [0.2, 0.25) is 0 Å². The first kappa shape index (κ1) is 11.5. The largest absolute Gasteiger partial charge is 0.382 e. The number of anilines is 1. The van der Waals surface area contributed by atoms with Crippen molar-refractivity contribution < 1.29 is 0 Å². The predicted molar refractivity (Wildman–Crippen MR) is 66.3 cm³/mol. The summed E-state index contributed by atoms with van der Waals surface area (Å²) in [4.78, 5) is 6.64. The lowest BCUT2D eigenvalue weighted by Gasteiger charge is -2.35. The van der Waals surface area contributed by atoms with Crippen LogP contribution in [0.25, 0.3) is 0 Å². The second kappa shape index (κ2) is 4.45. The number of rotatable bonds is 3. The number of hydrogen-bond acceptors (Lipinski definition) is 3. The van der Waals surface area contributed by atoms with Crippen LogP contribution in [0.15, 0.2) is 12.5 Å². The molecule has 2 rings (SSSR count). The van der Waals surface area contributed by atoms with Crippen LogP contribution in [0, 0.1) is 0 Å². The Morgan fingerprint density at radius 1 is 1.31 bits per heavy atom. The van der Waals surface area contributed by atoms with Gasteiger partial charge in [-0.1, -0.05) is 6.42 Å². The third-order valence-corrected chi connectivity index (χ3v) is 3.36. The molecule has 0 radical (unpaired) electrons. The van der Waals surface area contributed by atoms with E-state index in [-0.39, 0.29) is 5.54 Å². The van der Waals surface area contributed by atoms with Crippen molar-refractivity contribution in [3.63, 3.8) is 0 Å². The number of nitrogen functional groups attached to an aromatic ring is 1. The van der Waals surface area contributed by atoms with E-state index in [9.17, 15) is 0 Å². The monoisotopic (exact) mass is 222 g/mol. The van der Waals surface area contributed by atoms with Crippen LogP contribution in [0.5, 0.6) is 0 Å². The van der Waals surface area contributed by atoms with Crippen molar-refractivity contribution in [3.05, 3.63) is 12.5 Å². The molecule has 2 heterocycles. The lowest BCUT2D eigenvalue weighted by molar-refractivity contribution is 0.156. The molecule has 2 N–H and O–H groups in total. The van der Waals surface area contributed by atoms with Gasteiger partial charge in [0.15, 0.2) is 0 Å². The highest BCUT2D eigenvalue weighted by molar-refractivity contribution is 5.23. The lowest BCUT2D eigenvalue weighted by atomic mass is 10.0. The van der Waals surface area contributed by atoms with E-state index in [1.165, 1.54) is 32.4 Å². The van der Waals surface area contributed by atoms with Gasteiger partial charge in [-0.05, 0) is 39.8 Å². The first-order chi connectivity index (χ1) is 7.58. The van der Waals surface area contributed by atoms with Gasteiger partial charge in [0.25, 0.3) is 0 Å². The molecule has 0 unspecified atom stereocenters. The predicted octanol–water partition coefficient (Wildman–Crippen LogP) is 1.69. The summed E-state index contributed by atoms with van der Waals surface area (Å²) in [5.41, 5.74) is 5.73. The molecule has 1 aliphatic heterocycles. The van der Waals surface area contributed by atoms with Crippen molar-refractivity contribution in [2.75, 3.05) is 25.4 Å². The van der Waals surface area contributed by atoms with Crippen molar-refractivity contribution in [2.24, 2.45) is 0 Å². The minimum absolute atomic E-state index is 0.0714. The number of piperidine rings is 1. The van der Waals surface area contributed by atoms with E-state index in [1.54, 1.807) is 0 Å². The van der Waals surface area contributed by atoms with E-state index in [0.717, 1.165) is 6.54 Å². The van der Waals surface area contributed by atoms with E-state index < -0.39 is 0 Å². The van der Waals surface area contributed by atoms with Crippen LogP contribution in [0.2, 0.25) is 0 Å². The van der Waals surface area contributed by atoms with Gasteiger partial charge in [0, 0.05) is 12.7 Å². The molecule has 0 atom stereocenters. The summed E-state index contributed by atoms with van der Waals surface area (Å²) in [6.45, 7) is 8.01. The molecule has 1 aromatic rings. The fourth-order valence-electron chi connectivity index (χ4n) is 2.42. The van der Waals surface area contributed by atoms with Gasteiger partial charge in [0.05, 0.1) is 11.9 Å². The maximum Gasteiger partial charge on any atom is 0.141 e. The number of nitrogens with two attached hydrogens (primary N) is 1. The van der Waals surface area contributed by atoms with E-state index >= 15 is 0 Å². The number of likely N-dealkylation sites (tertiary alicyclic amines) is 1. The molecule has 90 valence electrons. The Balaban J connectivity index is 2.01. The average Bonchev–Trinajstić information content (AvgIpc) is 2.66. The van der Waals surface area contributed by atoms with Crippen LogP contribution < -0.4 is 5.73 Å². The zero-order valence-electron chi connectivity index (χ0n) is 10.3. The summed E-state index contributed by atoms with van der Waals surface area (Å²) in [7, 11) is 0. The van der Waals surface area contributed by atoms with Crippen molar-refractivity contribution in [1.29, 1.82) is 0 Å². The number of aromatic nitrogens is 2. The smallest absolute Gasteiger partial charge is 0.141 e. The highest BCUT2D eigenvalue weighted by Gasteiger charge is 2.24. The zero-order chi connectivity index (χ0) is 11.6. The molecule has 4 heteroatoms.